The molecular formula is C26H26F6N4O3. The molecule has 0 aliphatic carbocycles. The largest absolute Gasteiger partial charge is 0.462 e. The van der Waals surface area contributed by atoms with Crippen molar-refractivity contribution in [3.8, 4) is 17.6 Å². The van der Waals surface area contributed by atoms with Gasteiger partial charge in [-0.2, -0.15) is 31.3 Å². The van der Waals surface area contributed by atoms with E-state index in [4.69, 9.17) is 9.47 Å². The number of aromatic nitrogens is 2. The molecular weight excluding hydrogens is 530 g/mol. The van der Waals surface area contributed by atoms with Gasteiger partial charge in [-0.1, -0.05) is 18.2 Å². The number of nitrogens with zero attached hydrogens (tertiary/aromatic N) is 4. The average Bonchev–Trinajstić information content (AvgIpc) is 2.83. The molecule has 2 aromatic carbocycles. The summed E-state index contributed by atoms with van der Waals surface area (Å²) in [6.45, 7) is 2.00. The van der Waals surface area contributed by atoms with Gasteiger partial charge in [-0.05, 0) is 56.4 Å². The SMILES string of the molecule is Cc1ccccc1Oc1nc(OCCN(C)C)ncc1C(=O)N(C)Cc1cc(C(F)(F)F)cc(C(F)(F)F)c1. The summed E-state index contributed by atoms with van der Waals surface area (Å²) < 4.78 is 91.0. The van der Waals surface area contributed by atoms with Crippen LogP contribution in [0, 0.1) is 6.92 Å². The van der Waals surface area contributed by atoms with Crippen molar-refractivity contribution in [1.82, 2.24) is 19.8 Å². The molecule has 13 heteroatoms. The van der Waals surface area contributed by atoms with Crippen molar-refractivity contribution >= 4 is 5.91 Å². The van der Waals surface area contributed by atoms with Crippen LogP contribution in [0.1, 0.15) is 32.6 Å². The highest BCUT2D eigenvalue weighted by molar-refractivity contribution is 5.96. The van der Waals surface area contributed by atoms with Crippen LogP contribution in [0.4, 0.5) is 26.3 Å². The third-order valence-electron chi connectivity index (χ3n) is 5.45. The van der Waals surface area contributed by atoms with Crippen LogP contribution in [0.5, 0.6) is 17.6 Å². The van der Waals surface area contributed by atoms with Gasteiger partial charge in [-0.25, -0.2) is 4.98 Å². The zero-order chi connectivity index (χ0) is 29.0. The van der Waals surface area contributed by atoms with E-state index in [1.54, 1.807) is 31.2 Å². The molecule has 0 unspecified atom stereocenters. The summed E-state index contributed by atoms with van der Waals surface area (Å²) in [5, 5.41) is 0. The first-order valence-corrected chi connectivity index (χ1v) is 11.6. The minimum Gasteiger partial charge on any atom is -0.462 e. The molecule has 7 nitrogen and oxygen atoms in total. The molecule has 1 aromatic heterocycles. The van der Waals surface area contributed by atoms with Crippen molar-refractivity contribution in [2.45, 2.75) is 25.8 Å². The Morgan fingerprint density at radius 1 is 0.949 bits per heavy atom. The maximum absolute atomic E-state index is 13.3. The first-order chi connectivity index (χ1) is 18.1. The van der Waals surface area contributed by atoms with Gasteiger partial charge in [0.1, 0.15) is 17.9 Å². The van der Waals surface area contributed by atoms with Crippen LogP contribution < -0.4 is 9.47 Å². The highest BCUT2D eigenvalue weighted by Gasteiger charge is 2.37. The zero-order valence-electron chi connectivity index (χ0n) is 21.5. The summed E-state index contributed by atoms with van der Waals surface area (Å²) in [7, 11) is 4.92. The van der Waals surface area contributed by atoms with Gasteiger partial charge in [0.25, 0.3) is 5.91 Å². The summed E-state index contributed by atoms with van der Waals surface area (Å²) in [5.41, 5.74) is -2.75. The second-order valence-corrected chi connectivity index (χ2v) is 8.97. The number of rotatable bonds is 9. The molecule has 0 spiro atoms. The highest BCUT2D eigenvalue weighted by Crippen LogP contribution is 2.37. The summed E-state index contributed by atoms with van der Waals surface area (Å²) in [4.78, 5) is 24.3. The molecule has 0 fully saturated rings. The molecule has 0 aliphatic heterocycles. The van der Waals surface area contributed by atoms with Gasteiger partial charge in [-0.3, -0.25) is 4.79 Å². The van der Waals surface area contributed by atoms with E-state index < -0.39 is 35.9 Å². The monoisotopic (exact) mass is 556 g/mol. The predicted molar refractivity (Wildman–Crippen MR) is 130 cm³/mol. The van der Waals surface area contributed by atoms with Gasteiger partial charge in [0, 0.05) is 20.1 Å². The van der Waals surface area contributed by atoms with E-state index in [2.05, 4.69) is 9.97 Å². The number of hydrogen-bond donors (Lipinski definition) is 0. The van der Waals surface area contributed by atoms with Gasteiger partial charge in [0.15, 0.2) is 0 Å². The molecule has 0 aliphatic rings. The van der Waals surface area contributed by atoms with E-state index in [9.17, 15) is 31.1 Å². The van der Waals surface area contributed by atoms with Crippen LogP contribution >= 0.6 is 0 Å². The number of carbonyl (C=O) groups is 1. The van der Waals surface area contributed by atoms with E-state index >= 15 is 0 Å². The normalized spacial score (nSPS) is 12.0. The Hall–Kier alpha value is -3.87. The molecule has 0 saturated heterocycles. The number of likely N-dealkylation sites (N-methyl/N-ethyl adjacent to an activating group) is 1. The maximum Gasteiger partial charge on any atom is 0.416 e. The van der Waals surface area contributed by atoms with E-state index in [-0.39, 0.29) is 35.7 Å². The predicted octanol–water partition coefficient (Wildman–Crippen LogP) is 5.83. The standard InChI is InChI=1S/C26H26F6N4O3/c1-16-7-5-6-8-21(16)39-22-20(14-33-24(34-22)38-10-9-35(2)3)23(37)36(4)15-17-11-18(25(27,28)29)13-19(12-17)26(30,31)32/h5-8,11-14H,9-10,15H2,1-4H3. The molecule has 1 amide bonds. The van der Waals surface area contributed by atoms with Crippen LogP contribution in [-0.2, 0) is 18.9 Å². The number of benzene rings is 2. The zero-order valence-corrected chi connectivity index (χ0v) is 21.5. The van der Waals surface area contributed by atoms with Gasteiger partial charge < -0.3 is 19.3 Å². The molecule has 0 radical (unpaired) electrons. The van der Waals surface area contributed by atoms with Crippen LogP contribution in [-0.4, -0.2) is 60.0 Å². The molecule has 0 bridgehead atoms. The highest BCUT2D eigenvalue weighted by atomic mass is 19.4. The van der Waals surface area contributed by atoms with Crippen LogP contribution in [0.3, 0.4) is 0 Å². The summed E-state index contributed by atoms with van der Waals surface area (Å²) in [6, 6.07) is 7.99. The topological polar surface area (TPSA) is 67.8 Å². The Balaban J connectivity index is 1.94. The number of carbonyl (C=O) groups excluding carboxylic acids is 1. The van der Waals surface area contributed by atoms with Crippen molar-refractivity contribution in [2.75, 3.05) is 34.3 Å². The Morgan fingerprint density at radius 3 is 2.13 bits per heavy atom. The summed E-state index contributed by atoms with van der Waals surface area (Å²) >= 11 is 0. The van der Waals surface area contributed by atoms with Crippen molar-refractivity contribution < 1.29 is 40.6 Å². The van der Waals surface area contributed by atoms with E-state index in [0.717, 1.165) is 16.7 Å². The van der Waals surface area contributed by atoms with Crippen molar-refractivity contribution in [3.05, 3.63) is 76.5 Å². The number of amides is 1. The number of halogens is 6. The minimum atomic E-state index is -5.01. The molecule has 0 saturated carbocycles. The molecule has 3 rings (SSSR count). The number of ether oxygens (including phenoxy) is 2. The van der Waals surface area contributed by atoms with Gasteiger partial charge in [0.2, 0.25) is 5.88 Å². The fourth-order valence-corrected chi connectivity index (χ4v) is 3.40. The maximum atomic E-state index is 13.3. The number of para-hydroxylation sites is 1. The van der Waals surface area contributed by atoms with E-state index in [1.807, 2.05) is 19.0 Å². The van der Waals surface area contributed by atoms with Gasteiger partial charge in [0.05, 0.1) is 17.3 Å². The third kappa shape index (κ3) is 8.06. The minimum absolute atomic E-state index is 0.0301. The molecule has 39 heavy (non-hydrogen) atoms. The van der Waals surface area contributed by atoms with Crippen LogP contribution in [0.25, 0.3) is 0 Å². The quantitative estimate of drug-likeness (QED) is 0.309. The summed E-state index contributed by atoms with van der Waals surface area (Å²) in [5.74, 6) is -0.597. The molecule has 0 N–H and O–H groups in total. The second kappa shape index (κ2) is 11.9. The Bertz CT molecular complexity index is 1280. The summed E-state index contributed by atoms with van der Waals surface area (Å²) in [6.07, 6.45) is -8.88. The third-order valence-corrected chi connectivity index (χ3v) is 5.45. The average molecular weight is 557 g/mol. The smallest absolute Gasteiger partial charge is 0.416 e. The van der Waals surface area contributed by atoms with E-state index in [0.29, 0.717) is 24.4 Å². The number of hydrogen-bond acceptors (Lipinski definition) is 6. The van der Waals surface area contributed by atoms with Crippen LogP contribution in [0.15, 0.2) is 48.7 Å². The lowest BCUT2D eigenvalue weighted by Gasteiger charge is -2.21. The Morgan fingerprint density at radius 2 is 1.56 bits per heavy atom. The van der Waals surface area contributed by atoms with Crippen LogP contribution in [0.2, 0.25) is 0 Å². The first-order valence-electron chi connectivity index (χ1n) is 11.6. The molecule has 1 heterocycles. The van der Waals surface area contributed by atoms with Crippen molar-refractivity contribution in [3.63, 3.8) is 0 Å². The Kier molecular flexibility index (Phi) is 9.05. The lowest BCUT2D eigenvalue weighted by atomic mass is 10.0. The van der Waals surface area contributed by atoms with Gasteiger partial charge >= 0.3 is 18.4 Å². The number of aryl methyl sites for hydroxylation is 1. The lowest BCUT2D eigenvalue weighted by Crippen LogP contribution is -2.27. The molecule has 210 valence electrons. The first kappa shape index (κ1) is 29.7. The molecule has 3 aromatic rings. The Labute approximate surface area is 221 Å². The van der Waals surface area contributed by atoms with Crippen molar-refractivity contribution in [1.29, 1.82) is 0 Å². The number of alkyl halides is 6. The fraction of sp³-hybridized carbons (Fsp3) is 0.346. The second-order valence-electron chi connectivity index (χ2n) is 8.97. The fourth-order valence-electron chi connectivity index (χ4n) is 3.40. The molecule has 0 atom stereocenters. The lowest BCUT2D eigenvalue weighted by molar-refractivity contribution is -0.143. The van der Waals surface area contributed by atoms with Crippen molar-refractivity contribution in [2.24, 2.45) is 0 Å². The van der Waals surface area contributed by atoms with E-state index in [1.165, 1.54) is 7.05 Å². The van der Waals surface area contributed by atoms with Gasteiger partial charge in [-0.15, -0.1) is 0 Å².